The van der Waals surface area contributed by atoms with Crippen LogP contribution in [0.2, 0.25) is 5.02 Å². The van der Waals surface area contributed by atoms with Crippen LogP contribution in [0.4, 0.5) is 13.2 Å². The number of nitrogens with zero attached hydrogens (tertiary/aromatic N) is 1. The average molecular weight is 196 g/mol. The van der Waals surface area contributed by atoms with E-state index in [0.717, 1.165) is 12.3 Å². The number of rotatable bonds is 2. The molecule has 0 fully saturated rings. The van der Waals surface area contributed by atoms with E-state index in [1.807, 2.05) is 0 Å². The van der Waals surface area contributed by atoms with E-state index < -0.39 is 12.6 Å². The summed E-state index contributed by atoms with van der Waals surface area (Å²) in [5.41, 5.74) is -0.297. The SMILES string of the molecule is FC(F)[C@H](F)c1ccc(Cl)cn1. The quantitative estimate of drug-likeness (QED) is 0.707. The molecule has 1 rings (SSSR count). The normalized spacial score (nSPS) is 13.4. The Balaban J connectivity index is 2.82. The zero-order valence-electron chi connectivity index (χ0n) is 5.85. The molecule has 1 nitrogen and oxygen atoms in total. The van der Waals surface area contributed by atoms with Gasteiger partial charge >= 0.3 is 0 Å². The maximum Gasteiger partial charge on any atom is 0.275 e. The summed E-state index contributed by atoms with van der Waals surface area (Å²) in [4.78, 5) is 3.41. The smallest absolute Gasteiger partial charge is 0.256 e. The lowest BCUT2D eigenvalue weighted by molar-refractivity contribution is 0.0473. The highest BCUT2D eigenvalue weighted by molar-refractivity contribution is 6.30. The Morgan fingerprint density at radius 1 is 1.25 bits per heavy atom. The molecule has 0 aromatic carbocycles. The van der Waals surface area contributed by atoms with E-state index in [1.165, 1.54) is 6.07 Å². The molecule has 1 aromatic rings. The van der Waals surface area contributed by atoms with Crippen molar-refractivity contribution >= 4 is 11.6 Å². The van der Waals surface area contributed by atoms with Crippen molar-refractivity contribution in [1.82, 2.24) is 4.98 Å². The van der Waals surface area contributed by atoms with Gasteiger partial charge in [-0.1, -0.05) is 11.6 Å². The van der Waals surface area contributed by atoms with E-state index >= 15 is 0 Å². The van der Waals surface area contributed by atoms with Gasteiger partial charge in [-0.15, -0.1) is 0 Å². The van der Waals surface area contributed by atoms with Crippen molar-refractivity contribution < 1.29 is 13.2 Å². The van der Waals surface area contributed by atoms with Gasteiger partial charge < -0.3 is 0 Å². The summed E-state index contributed by atoms with van der Waals surface area (Å²) in [6.07, 6.45) is -4.24. The molecule has 0 radical (unpaired) electrons. The van der Waals surface area contributed by atoms with Gasteiger partial charge in [0.15, 0.2) is 0 Å². The molecule has 0 aliphatic heterocycles. The minimum absolute atomic E-state index is 0.292. The van der Waals surface area contributed by atoms with Gasteiger partial charge in [-0.05, 0) is 12.1 Å². The largest absolute Gasteiger partial charge is 0.275 e. The van der Waals surface area contributed by atoms with E-state index in [1.54, 1.807) is 0 Å². The van der Waals surface area contributed by atoms with Gasteiger partial charge in [0.2, 0.25) is 6.17 Å². The lowest BCUT2D eigenvalue weighted by Gasteiger charge is -2.04. The summed E-state index contributed by atoms with van der Waals surface area (Å²) in [5.74, 6) is 0. The van der Waals surface area contributed by atoms with E-state index in [0.29, 0.717) is 5.02 Å². The van der Waals surface area contributed by atoms with Crippen molar-refractivity contribution in [3.8, 4) is 0 Å². The average Bonchev–Trinajstić information content (AvgIpc) is 2.04. The second-order valence-electron chi connectivity index (χ2n) is 2.14. The first kappa shape index (κ1) is 9.32. The van der Waals surface area contributed by atoms with Gasteiger partial charge in [0.05, 0.1) is 10.7 Å². The molecule has 66 valence electrons. The number of hydrogen-bond acceptors (Lipinski definition) is 1. The first-order chi connectivity index (χ1) is 5.61. The molecule has 1 atom stereocenters. The Kier molecular flexibility index (Phi) is 2.92. The number of pyridine rings is 1. The highest BCUT2D eigenvalue weighted by Crippen LogP contribution is 2.23. The van der Waals surface area contributed by atoms with Crippen LogP contribution in [0, 0.1) is 0 Å². The lowest BCUT2D eigenvalue weighted by atomic mass is 10.2. The van der Waals surface area contributed by atoms with Crippen molar-refractivity contribution in [3.05, 3.63) is 29.0 Å². The third kappa shape index (κ3) is 2.11. The Labute approximate surface area is 72.2 Å². The zero-order valence-corrected chi connectivity index (χ0v) is 6.60. The van der Waals surface area contributed by atoms with Crippen molar-refractivity contribution in [2.45, 2.75) is 12.6 Å². The minimum Gasteiger partial charge on any atom is -0.256 e. The molecule has 0 spiro atoms. The number of halogens is 4. The Morgan fingerprint density at radius 2 is 1.92 bits per heavy atom. The maximum atomic E-state index is 12.5. The predicted octanol–water partition coefficient (Wildman–Crippen LogP) is 3.01. The van der Waals surface area contributed by atoms with Gasteiger partial charge in [-0.25, -0.2) is 13.2 Å². The van der Waals surface area contributed by atoms with Crippen LogP contribution in [0.15, 0.2) is 18.3 Å². The fraction of sp³-hybridized carbons (Fsp3) is 0.286. The first-order valence-electron chi connectivity index (χ1n) is 3.15. The van der Waals surface area contributed by atoms with Crippen molar-refractivity contribution in [1.29, 1.82) is 0 Å². The molecule has 12 heavy (non-hydrogen) atoms. The number of hydrogen-bond donors (Lipinski definition) is 0. The van der Waals surface area contributed by atoms with Gasteiger partial charge in [0.25, 0.3) is 6.43 Å². The van der Waals surface area contributed by atoms with Crippen LogP contribution in [-0.2, 0) is 0 Å². The third-order valence-electron chi connectivity index (χ3n) is 1.25. The first-order valence-corrected chi connectivity index (χ1v) is 3.52. The molecule has 0 bridgehead atoms. The predicted molar refractivity (Wildman–Crippen MR) is 39.1 cm³/mol. The molecular formula is C7H5ClF3N. The Bertz CT molecular complexity index is 249. The highest BCUT2D eigenvalue weighted by Gasteiger charge is 2.22. The van der Waals surface area contributed by atoms with Crippen LogP contribution in [-0.4, -0.2) is 11.4 Å². The molecule has 0 amide bonds. The second kappa shape index (κ2) is 3.76. The standard InChI is InChI=1S/C7H5ClF3N/c8-4-1-2-5(12-3-4)6(9)7(10)11/h1-3,6-7H/t6-/m1/s1. The molecule has 0 saturated heterocycles. The van der Waals surface area contributed by atoms with E-state index in [-0.39, 0.29) is 5.69 Å². The van der Waals surface area contributed by atoms with Crippen LogP contribution < -0.4 is 0 Å². The topological polar surface area (TPSA) is 12.9 Å². The number of alkyl halides is 3. The van der Waals surface area contributed by atoms with Crippen molar-refractivity contribution in [3.63, 3.8) is 0 Å². The van der Waals surface area contributed by atoms with Gasteiger partial charge in [-0.3, -0.25) is 4.98 Å². The monoisotopic (exact) mass is 195 g/mol. The fourth-order valence-corrected chi connectivity index (χ4v) is 0.791. The molecule has 0 N–H and O–H groups in total. The van der Waals surface area contributed by atoms with E-state index in [9.17, 15) is 13.2 Å². The molecular weight excluding hydrogens is 191 g/mol. The zero-order chi connectivity index (χ0) is 9.14. The van der Waals surface area contributed by atoms with Crippen LogP contribution in [0.25, 0.3) is 0 Å². The van der Waals surface area contributed by atoms with Gasteiger partial charge in [0.1, 0.15) is 0 Å². The molecule has 1 heterocycles. The van der Waals surface area contributed by atoms with E-state index in [4.69, 9.17) is 11.6 Å². The lowest BCUT2D eigenvalue weighted by Crippen LogP contribution is -2.04. The van der Waals surface area contributed by atoms with Crippen LogP contribution >= 0.6 is 11.6 Å². The minimum atomic E-state index is -3.04. The summed E-state index contributed by atoms with van der Waals surface area (Å²) in [6, 6.07) is 2.46. The van der Waals surface area contributed by atoms with Crippen LogP contribution in [0.1, 0.15) is 11.9 Å². The van der Waals surface area contributed by atoms with Crippen LogP contribution in [0.5, 0.6) is 0 Å². The molecule has 1 aromatic heterocycles. The van der Waals surface area contributed by atoms with Gasteiger partial charge in [-0.2, -0.15) is 0 Å². The Morgan fingerprint density at radius 3 is 2.33 bits per heavy atom. The van der Waals surface area contributed by atoms with Crippen LogP contribution in [0.3, 0.4) is 0 Å². The van der Waals surface area contributed by atoms with E-state index in [2.05, 4.69) is 4.98 Å². The van der Waals surface area contributed by atoms with Gasteiger partial charge in [0, 0.05) is 6.20 Å². The fourth-order valence-electron chi connectivity index (χ4n) is 0.679. The summed E-state index contributed by atoms with van der Waals surface area (Å²) in [6.45, 7) is 0. The van der Waals surface area contributed by atoms with Crippen molar-refractivity contribution in [2.24, 2.45) is 0 Å². The molecule has 0 saturated carbocycles. The molecule has 0 unspecified atom stereocenters. The molecule has 0 aliphatic rings. The second-order valence-corrected chi connectivity index (χ2v) is 2.57. The summed E-state index contributed by atoms with van der Waals surface area (Å²) >= 11 is 5.42. The number of aromatic nitrogens is 1. The summed E-state index contributed by atoms with van der Waals surface area (Å²) < 4.78 is 36.1. The molecule has 0 aliphatic carbocycles. The Hall–Kier alpha value is -0.770. The highest BCUT2D eigenvalue weighted by atomic mass is 35.5. The molecule has 5 heteroatoms. The summed E-state index contributed by atoms with van der Waals surface area (Å²) in [7, 11) is 0. The summed E-state index contributed by atoms with van der Waals surface area (Å²) in [5, 5.41) is 0.292. The third-order valence-corrected chi connectivity index (χ3v) is 1.48. The van der Waals surface area contributed by atoms with Crippen molar-refractivity contribution in [2.75, 3.05) is 0 Å². The maximum absolute atomic E-state index is 12.5.